The lowest BCUT2D eigenvalue weighted by atomic mass is 10.0. The van der Waals surface area contributed by atoms with E-state index in [1.54, 1.807) is 0 Å². The molecule has 0 saturated heterocycles. The second-order valence-corrected chi connectivity index (χ2v) is 5.63. The molecular formula is C15H23N3O. The van der Waals surface area contributed by atoms with Crippen LogP contribution in [0.1, 0.15) is 31.7 Å². The predicted molar refractivity (Wildman–Crippen MR) is 78.2 cm³/mol. The molecule has 0 bridgehead atoms. The van der Waals surface area contributed by atoms with Crippen LogP contribution in [0.25, 0.3) is 11.1 Å². The number of hydrogen-bond acceptors (Lipinski definition) is 4. The first-order valence-electron chi connectivity index (χ1n) is 6.81. The number of fused-ring (bicyclic) bond motifs is 1. The SMILES string of the molecule is Cc1nc2ccc(CCNC(C)(C)CCN)cc2o1. The second-order valence-electron chi connectivity index (χ2n) is 5.63. The molecule has 0 spiro atoms. The first-order chi connectivity index (χ1) is 9.00. The monoisotopic (exact) mass is 261 g/mol. The van der Waals surface area contributed by atoms with Crippen molar-refractivity contribution in [3.63, 3.8) is 0 Å². The molecule has 1 heterocycles. The van der Waals surface area contributed by atoms with E-state index in [2.05, 4.69) is 36.3 Å². The molecule has 0 amide bonds. The first-order valence-corrected chi connectivity index (χ1v) is 6.81. The van der Waals surface area contributed by atoms with Crippen molar-refractivity contribution >= 4 is 11.1 Å². The molecule has 0 aliphatic rings. The number of oxazole rings is 1. The highest BCUT2D eigenvalue weighted by Gasteiger charge is 2.14. The standard InChI is InChI=1S/C15H23N3O/c1-11-18-13-5-4-12(10-14(13)19-11)6-9-17-15(2,3)7-8-16/h4-5,10,17H,6-9,16H2,1-3H3. The van der Waals surface area contributed by atoms with Gasteiger partial charge in [-0.05, 0) is 57.5 Å². The molecule has 19 heavy (non-hydrogen) atoms. The molecule has 0 aliphatic heterocycles. The molecule has 0 atom stereocenters. The van der Waals surface area contributed by atoms with Crippen LogP contribution in [-0.2, 0) is 6.42 Å². The van der Waals surface area contributed by atoms with E-state index in [1.807, 2.05) is 13.0 Å². The van der Waals surface area contributed by atoms with Crippen LogP contribution in [-0.4, -0.2) is 23.6 Å². The third-order valence-corrected chi connectivity index (χ3v) is 3.35. The summed E-state index contributed by atoms with van der Waals surface area (Å²) in [5.41, 5.74) is 8.77. The summed E-state index contributed by atoms with van der Waals surface area (Å²) in [5.74, 6) is 0.717. The van der Waals surface area contributed by atoms with Gasteiger partial charge in [0.25, 0.3) is 0 Å². The van der Waals surface area contributed by atoms with Crippen molar-refractivity contribution in [1.82, 2.24) is 10.3 Å². The number of nitrogens with two attached hydrogens (primary N) is 1. The summed E-state index contributed by atoms with van der Waals surface area (Å²) < 4.78 is 5.55. The molecule has 0 saturated carbocycles. The number of nitrogens with zero attached hydrogens (tertiary/aromatic N) is 1. The Hall–Kier alpha value is -1.39. The molecule has 1 aromatic heterocycles. The van der Waals surface area contributed by atoms with Crippen LogP contribution in [0.5, 0.6) is 0 Å². The van der Waals surface area contributed by atoms with Crippen molar-refractivity contribution < 1.29 is 4.42 Å². The quantitative estimate of drug-likeness (QED) is 0.838. The average molecular weight is 261 g/mol. The molecule has 3 N–H and O–H groups in total. The Morgan fingerprint density at radius 3 is 2.89 bits per heavy atom. The van der Waals surface area contributed by atoms with Crippen LogP contribution in [0.2, 0.25) is 0 Å². The molecular weight excluding hydrogens is 238 g/mol. The van der Waals surface area contributed by atoms with Crippen LogP contribution < -0.4 is 11.1 Å². The summed E-state index contributed by atoms with van der Waals surface area (Å²) in [6.45, 7) is 7.89. The maximum Gasteiger partial charge on any atom is 0.192 e. The zero-order valence-corrected chi connectivity index (χ0v) is 12.0. The Balaban J connectivity index is 1.94. The smallest absolute Gasteiger partial charge is 0.192 e. The highest BCUT2D eigenvalue weighted by Crippen LogP contribution is 2.17. The molecule has 0 radical (unpaired) electrons. The Morgan fingerprint density at radius 1 is 1.37 bits per heavy atom. The van der Waals surface area contributed by atoms with E-state index in [4.69, 9.17) is 10.2 Å². The maximum atomic E-state index is 5.60. The number of benzene rings is 1. The van der Waals surface area contributed by atoms with Gasteiger partial charge < -0.3 is 15.5 Å². The lowest BCUT2D eigenvalue weighted by molar-refractivity contribution is 0.370. The normalized spacial score (nSPS) is 12.2. The number of aromatic nitrogens is 1. The van der Waals surface area contributed by atoms with Gasteiger partial charge in [0.2, 0.25) is 0 Å². The van der Waals surface area contributed by atoms with E-state index in [9.17, 15) is 0 Å². The summed E-state index contributed by atoms with van der Waals surface area (Å²) in [4.78, 5) is 4.30. The van der Waals surface area contributed by atoms with Gasteiger partial charge >= 0.3 is 0 Å². The molecule has 0 aliphatic carbocycles. The lowest BCUT2D eigenvalue weighted by Gasteiger charge is -2.25. The van der Waals surface area contributed by atoms with E-state index in [1.165, 1.54) is 5.56 Å². The van der Waals surface area contributed by atoms with Crippen LogP contribution in [0.3, 0.4) is 0 Å². The van der Waals surface area contributed by atoms with Gasteiger partial charge in [0.1, 0.15) is 5.52 Å². The van der Waals surface area contributed by atoms with Crippen molar-refractivity contribution in [2.75, 3.05) is 13.1 Å². The van der Waals surface area contributed by atoms with Crippen LogP contribution in [0.4, 0.5) is 0 Å². The van der Waals surface area contributed by atoms with Gasteiger partial charge in [-0.15, -0.1) is 0 Å². The van der Waals surface area contributed by atoms with Crippen molar-refractivity contribution in [3.05, 3.63) is 29.7 Å². The van der Waals surface area contributed by atoms with Crippen LogP contribution in [0, 0.1) is 6.92 Å². The summed E-state index contributed by atoms with van der Waals surface area (Å²) in [6.07, 6.45) is 1.96. The third kappa shape index (κ3) is 3.78. The fourth-order valence-electron chi connectivity index (χ4n) is 2.23. The van der Waals surface area contributed by atoms with Gasteiger partial charge in [-0.25, -0.2) is 4.98 Å². The predicted octanol–water partition coefficient (Wildman–Crippen LogP) is 2.40. The van der Waals surface area contributed by atoms with E-state index >= 15 is 0 Å². The van der Waals surface area contributed by atoms with Gasteiger partial charge in [-0.2, -0.15) is 0 Å². The Bertz CT molecular complexity index is 545. The van der Waals surface area contributed by atoms with E-state index in [0.717, 1.165) is 30.5 Å². The second kappa shape index (κ2) is 5.72. The van der Waals surface area contributed by atoms with Crippen molar-refractivity contribution in [2.24, 2.45) is 5.73 Å². The number of nitrogens with one attached hydrogen (secondary N) is 1. The van der Waals surface area contributed by atoms with Crippen molar-refractivity contribution in [1.29, 1.82) is 0 Å². The maximum absolute atomic E-state index is 5.60. The summed E-state index contributed by atoms with van der Waals surface area (Å²) in [6, 6.07) is 6.21. The Morgan fingerprint density at radius 2 is 2.16 bits per heavy atom. The largest absolute Gasteiger partial charge is 0.441 e. The van der Waals surface area contributed by atoms with Crippen LogP contribution in [0.15, 0.2) is 22.6 Å². The number of hydrogen-bond donors (Lipinski definition) is 2. The molecule has 0 fully saturated rings. The zero-order valence-electron chi connectivity index (χ0n) is 12.0. The molecule has 1 aromatic carbocycles. The van der Waals surface area contributed by atoms with Gasteiger partial charge in [0.05, 0.1) is 0 Å². The minimum absolute atomic E-state index is 0.0989. The topological polar surface area (TPSA) is 64.1 Å². The minimum atomic E-state index is 0.0989. The van der Waals surface area contributed by atoms with Gasteiger partial charge in [0.15, 0.2) is 11.5 Å². The lowest BCUT2D eigenvalue weighted by Crippen LogP contribution is -2.41. The third-order valence-electron chi connectivity index (χ3n) is 3.35. The molecule has 2 rings (SSSR count). The number of rotatable bonds is 6. The highest BCUT2D eigenvalue weighted by molar-refractivity contribution is 5.73. The molecule has 2 aromatic rings. The van der Waals surface area contributed by atoms with Gasteiger partial charge in [-0.3, -0.25) is 0 Å². The Kier molecular flexibility index (Phi) is 4.22. The van der Waals surface area contributed by atoms with Crippen LogP contribution >= 0.6 is 0 Å². The summed E-state index contributed by atoms with van der Waals surface area (Å²) in [7, 11) is 0. The fraction of sp³-hybridized carbons (Fsp3) is 0.533. The number of aryl methyl sites for hydroxylation is 1. The van der Waals surface area contributed by atoms with Crippen molar-refractivity contribution in [2.45, 2.75) is 39.2 Å². The minimum Gasteiger partial charge on any atom is -0.441 e. The fourth-order valence-corrected chi connectivity index (χ4v) is 2.23. The molecule has 0 unspecified atom stereocenters. The average Bonchev–Trinajstić information content (AvgIpc) is 2.68. The van der Waals surface area contributed by atoms with Gasteiger partial charge in [0, 0.05) is 12.5 Å². The molecule has 4 nitrogen and oxygen atoms in total. The molecule has 4 heteroatoms. The van der Waals surface area contributed by atoms with E-state index in [-0.39, 0.29) is 5.54 Å². The van der Waals surface area contributed by atoms with E-state index < -0.39 is 0 Å². The van der Waals surface area contributed by atoms with Gasteiger partial charge in [-0.1, -0.05) is 6.07 Å². The van der Waals surface area contributed by atoms with E-state index in [0.29, 0.717) is 12.4 Å². The first kappa shape index (κ1) is 14.0. The molecule has 104 valence electrons. The Labute approximate surface area is 114 Å². The summed E-state index contributed by atoms with van der Waals surface area (Å²) >= 11 is 0. The van der Waals surface area contributed by atoms with Crippen molar-refractivity contribution in [3.8, 4) is 0 Å². The zero-order chi connectivity index (χ0) is 13.9. The highest BCUT2D eigenvalue weighted by atomic mass is 16.3. The summed E-state index contributed by atoms with van der Waals surface area (Å²) in [5, 5.41) is 3.54.